The highest BCUT2D eigenvalue weighted by atomic mass is 32.2. The van der Waals surface area contributed by atoms with Crippen LogP contribution in [-0.4, -0.2) is 11.8 Å². The van der Waals surface area contributed by atoms with Crippen LogP contribution in [0.4, 0.5) is 0 Å². The topological polar surface area (TPSA) is 12.0 Å². The molecule has 1 N–H and O–H groups in total. The second-order valence-corrected chi connectivity index (χ2v) is 7.65. The Hall–Kier alpha value is -0.470. The number of thioether (sulfide) groups is 1. The van der Waals surface area contributed by atoms with E-state index < -0.39 is 0 Å². The number of rotatable bonds is 2. The van der Waals surface area contributed by atoms with Gasteiger partial charge in [-0.2, -0.15) is 0 Å². The van der Waals surface area contributed by atoms with Gasteiger partial charge in [-0.1, -0.05) is 32.0 Å². The number of benzene rings is 1. The fourth-order valence-electron chi connectivity index (χ4n) is 3.88. The summed E-state index contributed by atoms with van der Waals surface area (Å²) in [4.78, 5) is 1.49. The molecule has 1 aliphatic heterocycles. The molecule has 1 heterocycles. The number of nitrogens with one attached hydrogen (secondary N) is 1. The van der Waals surface area contributed by atoms with Gasteiger partial charge in [0.25, 0.3) is 0 Å². The molecule has 0 radical (unpaired) electrons. The van der Waals surface area contributed by atoms with Crippen LogP contribution in [0.1, 0.15) is 51.1 Å². The molecule has 19 heavy (non-hydrogen) atoms. The van der Waals surface area contributed by atoms with Crippen LogP contribution in [0.3, 0.4) is 0 Å². The third-order valence-electron chi connectivity index (χ3n) is 4.57. The lowest BCUT2D eigenvalue weighted by molar-refractivity contribution is 0.223. The summed E-state index contributed by atoms with van der Waals surface area (Å²) >= 11 is 2.02. The highest BCUT2D eigenvalue weighted by molar-refractivity contribution is 7.99. The second kappa shape index (κ2) is 5.88. The minimum atomic E-state index is 0.583. The quantitative estimate of drug-likeness (QED) is 0.844. The molecule has 3 unspecified atom stereocenters. The third-order valence-corrected chi connectivity index (χ3v) is 5.70. The van der Waals surface area contributed by atoms with Crippen LogP contribution in [0.25, 0.3) is 0 Å². The minimum absolute atomic E-state index is 0.583. The lowest BCUT2D eigenvalue weighted by atomic mass is 9.80. The van der Waals surface area contributed by atoms with Crippen LogP contribution < -0.4 is 5.32 Å². The van der Waals surface area contributed by atoms with Gasteiger partial charge in [-0.15, -0.1) is 11.8 Å². The van der Waals surface area contributed by atoms with Gasteiger partial charge in [0.05, 0.1) is 0 Å². The Bertz CT molecular complexity index is 421. The highest BCUT2D eigenvalue weighted by Gasteiger charge is 2.28. The van der Waals surface area contributed by atoms with Crippen LogP contribution in [0, 0.1) is 11.8 Å². The molecule has 0 amide bonds. The Morgan fingerprint density at radius 1 is 1.05 bits per heavy atom. The van der Waals surface area contributed by atoms with Crippen molar-refractivity contribution in [1.29, 1.82) is 0 Å². The van der Waals surface area contributed by atoms with Crippen molar-refractivity contribution in [3.63, 3.8) is 0 Å². The fraction of sp³-hybridized carbons (Fsp3) is 0.647. The number of fused-ring (bicyclic) bond motifs is 1. The van der Waals surface area contributed by atoms with Gasteiger partial charge in [0, 0.05) is 17.0 Å². The normalized spacial score (nSPS) is 34.8. The zero-order chi connectivity index (χ0) is 13.2. The summed E-state index contributed by atoms with van der Waals surface area (Å²) in [6.45, 7) is 4.82. The molecule has 2 heteroatoms. The summed E-state index contributed by atoms with van der Waals surface area (Å²) in [5.74, 6) is 3.02. The molecule has 104 valence electrons. The molecule has 0 aromatic heterocycles. The van der Waals surface area contributed by atoms with Crippen LogP contribution in [0.15, 0.2) is 29.2 Å². The summed E-state index contributed by atoms with van der Waals surface area (Å²) in [5.41, 5.74) is 1.53. The molecule has 1 aromatic carbocycles. The van der Waals surface area contributed by atoms with Gasteiger partial charge in [0.1, 0.15) is 0 Å². The van der Waals surface area contributed by atoms with Crippen molar-refractivity contribution in [3.8, 4) is 0 Å². The molecule has 1 aromatic rings. The van der Waals surface area contributed by atoms with Gasteiger partial charge < -0.3 is 5.32 Å². The molecule has 1 nitrogen and oxygen atoms in total. The minimum Gasteiger partial charge on any atom is -0.307 e. The van der Waals surface area contributed by atoms with E-state index >= 15 is 0 Å². The van der Waals surface area contributed by atoms with Gasteiger partial charge in [-0.25, -0.2) is 0 Å². The summed E-state index contributed by atoms with van der Waals surface area (Å²) in [5, 5.41) is 3.96. The first-order valence-electron chi connectivity index (χ1n) is 7.70. The van der Waals surface area contributed by atoms with Crippen LogP contribution in [0.5, 0.6) is 0 Å². The van der Waals surface area contributed by atoms with Crippen molar-refractivity contribution in [2.75, 3.05) is 5.75 Å². The van der Waals surface area contributed by atoms with Crippen LogP contribution in [0.2, 0.25) is 0 Å². The zero-order valence-corrected chi connectivity index (χ0v) is 12.9. The van der Waals surface area contributed by atoms with Gasteiger partial charge >= 0.3 is 0 Å². The lowest BCUT2D eigenvalue weighted by Gasteiger charge is -2.36. The van der Waals surface area contributed by atoms with E-state index in [0.29, 0.717) is 6.04 Å². The van der Waals surface area contributed by atoms with Gasteiger partial charge in [0.2, 0.25) is 0 Å². The number of hydrogen-bond donors (Lipinski definition) is 1. The Morgan fingerprint density at radius 3 is 2.58 bits per heavy atom. The van der Waals surface area contributed by atoms with Crippen molar-refractivity contribution in [3.05, 3.63) is 29.8 Å². The Labute approximate surface area is 121 Å². The van der Waals surface area contributed by atoms with E-state index in [9.17, 15) is 0 Å². The second-order valence-electron chi connectivity index (χ2n) is 6.51. The summed E-state index contributed by atoms with van der Waals surface area (Å²) in [6, 6.07) is 10.2. The standard InChI is InChI=1S/C17H25NS/c1-12-9-13(2)11-14(10-12)18-16-7-8-19-17-6-4-3-5-15(16)17/h3-6,12-14,16,18H,7-11H2,1-2H3. The van der Waals surface area contributed by atoms with E-state index in [1.807, 2.05) is 11.8 Å². The Balaban J connectivity index is 1.70. The fourth-order valence-corrected chi connectivity index (χ4v) is 5.01. The maximum absolute atomic E-state index is 3.96. The molecular formula is C17H25NS. The SMILES string of the molecule is CC1CC(C)CC(NC2CCSc3ccccc32)C1. The first kappa shape index (κ1) is 13.5. The molecule has 3 rings (SSSR count). The van der Waals surface area contributed by atoms with Crippen molar-refractivity contribution < 1.29 is 0 Å². The molecule has 3 atom stereocenters. The average molecular weight is 275 g/mol. The van der Waals surface area contributed by atoms with E-state index in [-0.39, 0.29) is 0 Å². The molecule has 0 saturated heterocycles. The predicted molar refractivity (Wildman–Crippen MR) is 83.6 cm³/mol. The Kier molecular flexibility index (Phi) is 4.18. The van der Waals surface area contributed by atoms with Crippen molar-refractivity contribution >= 4 is 11.8 Å². The molecule has 1 aliphatic carbocycles. The largest absolute Gasteiger partial charge is 0.307 e. The molecule has 1 saturated carbocycles. The van der Waals surface area contributed by atoms with Gasteiger partial charge in [-0.3, -0.25) is 0 Å². The van der Waals surface area contributed by atoms with E-state index in [4.69, 9.17) is 0 Å². The lowest BCUT2D eigenvalue weighted by Crippen LogP contribution is -2.39. The van der Waals surface area contributed by atoms with E-state index in [1.165, 1.54) is 41.9 Å². The average Bonchev–Trinajstić information content (AvgIpc) is 2.38. The first-order chi connectivity index (χ1) is 9.22. The molecule has 0 bridgehead atoms. The van der Waals surface area contributed by atoms with E-state index in [2.05, 4.69) is 43.4 Å². The van der Waals surface area contributed by atoms with Gasteiger partial charge in [0.15, 0.2) is 0 Å². The van der Waals surface area contributed by atoms with Crippen molar-refractivity contribution in [2.24, 2.45) is 11.8 Å². The smallest absolute Gasteiger partial charge is 0.0341 e. The van der Waals surface area contributed by atoms with Crippen molar-refractivity contribution in [2.45, 2.75) is 56.5 Å². The maximum atomic E-state index is 3.96. The Morgan fingerprint density at radius 2 is 1.79 bits per heavy atom. The number of hydrogen-bond acceptors (Lipinski definition) is 2. The molecule has 0 spiro atoms. The van der Waals surface area contributed by atoms with Crippen LogP contribution in [-0.2, 0) is 0 Å². The predicted octanol–water partition coefficient (Wildman–Crippen LogP) is 4.64. The van der Waals surface area contributed by atoms with E-state index in [0.717, 1.165) is 17.9 Å². The zero-order valence-electron chi connectivity index (χ0n) is 12.1. The summed E-state index contributed by atoms with van der Waals surface area (Å²) in [7, 11) is 0. The third kappa shape index (κ3) is 3.17. The molecule has 2 aliphatic rings. The molecular weight excluding hydrogens is 250 g/mol. The van der Waals surface area contributed by atoms with Gasteiger partial charge in [-0.05, 0) is 54.9 Å². The summed E-state index contributed by atoms with van der Waals surface area (Å²) in [6.07, 6.45) is 5.41. The highest BCUT2D eigenvalue weighted by Crippen LogP contribution is 2.37. The first-order valence-corrected chi connectivity index (χ1v) is 8.68. The summed E-state index contributed by atoms with van der Waals surface area (Å²) < 4.78 is 0. The monoisotopic (exact) mass is 275 g/mol. The molecule has 1 fully saturated rings. The van der Waals surface area contributed by atoms with Crippen molar-refractivity contribution in [1.82, 2.24) is 5.32 Å². The van der Waals surface area contributed by atoms with E-state index in [1.54, 1.807) is 0 Å². The maximum Gasteiger partial charge on any atom is 0.0341 e. The van der Waals surface area contributed by atoms with Crippen LogP contribution >= 0.6 is 11.8 Å².